The molecule has 0 bridgehead atoms. The zero-order chi connectivity index (χ0) is 12.5. The second-order valence-corrected chi connectivity index (χ2v) is 4.27. The molecule has 3 N–H and O–H groups in total. The standard InChI is InChI=1S/C12H13N4O2/c17-16(18)9-3-1-2-8(6-9)11-12-10(4-5-13-11)14-7-15-12/h1-3,6-7,11,13,17H,4-5H2,(H,14,15)/q-1. The fourth-order valence-electron chi connectivity index (χ4n) is 2.32. The molecule has 1 atom stereocenters. The fraction of sp³-hybridized carbons (Fsp3) is 0.250. The molecule has 3 rings (SSSR count). The lowest BCUT2D eigenvalue weighted by molar-refractivity contribution is 0.296. The largest absolute Gasteiger partial charge is 0.733 e. The summed E-state index contributed by atoms with van der Waals surface area (Å²) >= 11 is 0. The van der Waals surface area contributed by atoms with Gasteiger partial charge in [-0.2, -0.15) is 0 Å². The third-order valence-corrected chi connectivity index (χ3v) is 3.17. The van der Waals surface area contributed by atoms with Crippen LogP contribution in [0.2, 0.25) is 0 Å². The number of benzene rings is 1. The van der Waals surface area contributed by atoms with Gasteiger partial charge in [-0.25, -0.2) is 4.98 Å². The third kappa shape index (κ3) is 1.86. The zero-order valence-electron chi connectivity index (χ0n) is 9.63. The minimum atomic E-state index is -0.127. The highest BCUT2D eigenvalue weighted by Gasteiger charge is 2.23. The molecular formula is C12H13N4O2-. The summed E-state index contributed by atoms with van der Waals surface area (Å²) in [7, 11) is 0. The van der Waals surface area contributed by atoms with E-state index in [0.29, 0.717) is 0 Å². The van der Waals surface area contributed by atoms with Gasteiger partial charge in [0.2, 0.25) is 0 Å². The van der Waals surface area contributed by atoms with Crippen LogP contribution in [0.5, 0.6) is 0 Å². The van der Waals surface area contributed by atoms with Crippen LogP contribution >= 0.6 is 0 Å². The maximum Gasteiger partial charge on any atom is 0.0926 e. The lowest BCUT2D eigenvalue weighted by Crippen LogP contribution is -2.30. The highest BCUT2D eigenvalue weighted by molar-refractivity contribution is 5.49. The molecule has 1 aliphatic heterocycles. The summed E-state index contributed by atoms with van der Waals surface area (Å²) in [4.78, 5) is 7.44. The lowest BCUT2D eigenvalue weighted by atomic mass is 9.98. The molecule has 0 amide bonds. The Morgan fingerprint density at radius 2 is 2.33 bits per heavy atom. The first kappa shape index (κ1) is 11.2. The number of nitrogens with zero attached hydrogens (tertiary/aromatic N) is 2. The maximum atomic E-state index is 10.9. The van der Waals surface area contributed by atoms with Gasteiger partial charge in [-0.15, -0.1) is 0 Å². The van der Waals surface area contributed by atoms with Gasteiger partial charge in [0.05, 0.1) is 23.8 Å². The van der Waals surface area contributed by atoms with E-state index < -0.39 is 0 Å². The minimum Gasteiger partial charge on any atom is -0.733 e. The van der Waals surface area contributed by atoms with E-state index in [1.807, 2.05) is 6.07 Å². The number of aromatic amines is 1. The second kappa shape index (κ2) is 4.41. The second-order valence-electron chi connectivity index (χ2n) is 4.27. The van der Waals surface area contributed by atoms with Crippen LogP contribution < -0.4 is 10.5 Å². The van der Waals surface area contributed by atoms with E-state index in [1.54, 1.807) is 24.5 Å². The first-order valence-corrected chi connectivity index (χ1v) is 5.77. The summed E-state index contributed by atoms with van der Waals surface area (Å²) in [6.45, 7) is 0.851. The first-order valence-electron chi connectivity index (χ1n) is 5.77. The number of rotatable bonds is 2. The molecule has 1 aromatic carbocycles. The molecule has 1 unspecified atom stereocenters. The van der Waals surface area contributed by atoms with E-state index in [9.17, 15) is 5.21 Å². The molecule has 2 heterocycles. The predicted molar refractivity (Wildman–Crippen MR) is 66.2 cm³/mol. The number of fused-ring (bicyclic) bond motifs is 1. The Labute approximate surface area is 104 Å². The van der Waals surface area contributed by atoms with E-state index in [0.717, 1.165) is 29.9 Å². The van der Waals surface area contributed by atoms with Crippen molar-refractivity contribution in [3.8, 4) is 0 Å². The average Bonchev–Trinajstić information content (AvgIpc) is 2.87. The van der Waals surface area contributed by atoms with Crippen LogP contribution in [0.4, 0.5) is 5.69 Å². The van der Waals surface area contributed by atoms with Gasteiger partial charge in [-0.3, -0.25) is 5.21 Å². The monoisotopic (exact) mass is 245 g/mol. The molecule has 1 aromatic heterocycles. The van der Waals surface area contributed by atoms with Crippen molar-refractivity contribution in [2.75, 3.05) is 11.8 Å². The molecule has 18 heavy (non-hydrogen) atoms. The molecule has 0 radical (unpaired) electrons. The predicted octanol–water partition coefficient (Wildman–Crippen LogP) is 1.34. The number of hydrogen-bond donors (Lipinski definition) is 3. The van der Waals surface area contributed by atoms with Crippen molar-refractivity contribution < 1.29 is 5.21 Å². The van der Waals surface area contributed by atoms with Gasteiger partial charge < -0.3 is 20.7 Å². The minimum absolute atomic E-state index is 0.0418. The SMILES string of the molecule is [O-]N(O)c1cccc(C2NCCc3[nH]cnc32)c1. The number of aromatic nitrogens is 2. The van der Waals surface area contributed by atoms with Crippen LogP contribution in [0.25, 0.3) is 0 Å². The smallest absolute Gasteiger partial charge is 0.0926 e. The van der Waals surface area contributed by atoms with Crippen LogP contribution in [0, 0.1) is 5.21 Å². The van der Waals surface area contributed by atoms with E-state index in [1.165, 1.54) is 0 Å². The topological polar surface area (TPSA) is 87.2 Å². The van der Waals surface area contributed by atoms with Crippen LogP contribution in [-0.4, -0.2) is 21.7 Å². The first-order chi connectivity index (χ1) is 8.75. The summed E-state index contributed by atoms with van der Waals surface area (Å²) in [5.74, 6) is 0. The van der Waals surface area contributed by atoms with Gasteiger partial charge in [0, 0.05) is 18.7 Å². The van der Waals surface area contributed by atoms with Gasteiger partial charge in [0.25, 0.3) is 0 Å². The van der Waals surface area contributed by atoms with E-state index >= 15 is 0 Å². The highest BCUT2D eigenvalue weighted by Crippen LogP contribution is 2.28. The fourth-order valence-corrected chi connectivity index (χ4v) is 2.32. The van der Waals surface area contributed by atoms with Crippen molar-refractivity contribution in [2.45, 2.75) is 12.5 Å². The molecule has 0 spiro atoms. The van der Waals surface area contributed by atoms with Gasteiger partial charge in [0.1, 0.15) is 0 Å². The third-order valence-electron chi connectivity index (χ3n) is 3.17. The normalized spacial score (nSPS) is 18.4. The number of hydrogen-bond acceptors (Lipinski definition) is 5. The Hall–Kier alpha value is -1.89. The number of H-pyrrole nitrogens is 1. The summed E-state index contributed by atoms with van der Waals surface area (Å²) in [5.41, 5.74) is 3.20. The van der Waals surface area contributed by atoms with Crippen molar-refractivity contribution in [2.24, 2.45) is 0 Å². The van der Waals surface area contributed by atoms with Gasteiger partial charge >= 0.3 is 0 Å². The molecule has 6 nitrogen and oxygen atoms in total. The lowest BCUT2D eigenvalue weighted by Gasteiger charge is -2.26. The average molecular weight is 245 g/mol. The molecular weight excluding hydrogens is 232 g/mol. The number of nitrogens with one attached hydrogen (secondary N) is 2. The molecule has 0 saturated carbocycles. The summed E-state index contributed by atoms with van der Waals surface area (Å²) in [6.07, 6.45) is 2.60. The summed E-state index contributed by atoms with van der Waals surface area (Å²) in [6, 6.07) is 6.84. The maximum absolute atomic E-state index is 10.9. The molecule has 0 saturated heterocycles. The Kier molecular flexibility index (Phi) is 2.75. The van der Waals surface area contributed by atoms with E-state index in [4.69, 9.17) is 5.21 Å². The molecule has 94 valence electrons. The molecule has 0 aliphatic carbocycles. The number of imidazole rings is 1. The van der Waals surface area contributed by atoms with Crippen molar-refractivity contribution in [1.82, 2.24) is 15.3 Å². The van der Waals surface area contributed by atoms with Crippen molar-refractivity contribution in [1.29, 1.82) is 0 Å². The molecule has 1 aliphatic rings. The van der Waals surface area contributed by atoms with Crippen molar-refractivity contribution >= 4 is 5.69 Å². The van der Waals surface area contributed by atoms with Gasteiger partial charge in [-0.05, 0) is 17.7 Å². The Bertz CT molecular complexity index is 553. The Balaban J connectivity index is 1.99. The van der Waals surface area contributed by atoms with Gasteiger partial charge in [0.15, 0.2) is 0 Å². The number of anilines is 1. The van der Waals surface area contributed by atoms with E-state index in [-0.39, 0.29) is 17.0 Å². The Morgan fingerprint density at radius 1 is 1.44 bits per heavy atom. The zero-order valence-corrected chi connectivity index (χ0v) is 9.63. The summed E-state index contributed by atoms with van der Waals surface area (Å²) < 4.78 is 0. The van der Waals surface area contributed by atoms with Crippen LogP contribution in [0.15, 0.2) is 30.6 Å². The van der Waals surface area contributed by atoms with Crippen molar-refractivity contribution in [3.05, 3.63) is 52.8 Å². The summed E-state index contributed by atoms with van der Waals surface area (Å²) in [5, 5.41) is 23.1. The van der Waals surface area contributed by atoms with Gasteiger partial charge in [-0.1, -0.05) is 12.1 Å². The molecule has 6 heteroatoms. The van der Waals surface area contributed by atoms with Crippen LogP contribution in [0.1, 0.15) is 23.0 Å². The van der Waals surface area contributed by atoms with Crippen molar-refractivity contribution in [3.63, 3.8) is 0 Å². The molecule has 0 fully saturated rings. The van der Waals surface area contributed by atoms with Crippen LogP contribution in [-0.2, 0) is 6.42 Å². The quantitative estimate of drug-likeness (QED) is 0.695. The van der Waals surface area contributed by atoms with Crippen LogP contribution in [0.3, 0.4) is 0 Å². The van der Waals surface area contributed by atoms with E-state index in [2.05, 4.69) is 15.3 Å². The molecule has 2 aromatic rings. The highest BCUT2D eigenvalue weighted by atomic mass is 16.8. The Morgan fingerprint density at radius 3 is 3.17 bits per heavy atom.